The zero-order valence-corrected chi connectivity index (χ0v) is 10.6. The van der Waals surface area contributed by atoms with Crippen LogP contribution in [0.5, 0.6) is 0 Å². The third-order valence-corrected chi connectivity index (χ3v) is 3.89. The van der Waals surface area contributed by atoms with Crippen molar-refractivity contribution in [3.05, 3.63) is 28.0 Å². The van der Waals surface area contributed by atoms with Crippen LogP contribution in [0.3, 0.4) is 0 Å². The number of hydrogen-bond donors (Lipinski definition) is 1. The Labute approximate surface area is 94.0 Å². The van der Waals surface area contributed by atoms with Crippen molar-refractivity contribution in [3.8, 4) is 0 Å². The molecule has 0 saturated heterocycles. The van der Waals surface area contributed by atoms with E-state index in [0.717, 1.165) is 16.6 Å². The summed E-state index contributed by atoms with van der Waals surface area (Å²) >= 11 is 3.58. The molecule has 1 aromatic heterocycles. The van der Waals surface area contributed by atoms with Crippen LogP contribution < -0.4 is 5.73 Å². The van der Waals surface area contributed by atoms with Crippen LogP contribution in [0.25, 0.3) is 0 Å². The van der Waals surface area contributed by atoms with Crippen molar-refractivity contribution < 1.29 is 0 Å². The van der Waals surface area contributed by atoms with Crippen LogP contribution in [0.4, 0.5) is 0 Å². The summed E-state index contributed by atoms with van der Waals surface area (Å²) in [4.78, 5) is 4.43. The fraction of sp³-hybridized carbons (Fsp3) is 0.545. The smallest absolute Gasteiger partial charge is 0.0619 e. The van der Waals surface area contributed by atoms with Crippen molar-refractivity contribution in [2.24, 2.45) is 5.73 Å². The number of aryl methyl sites for hydroxylation is 1. The predicted octanol–water partition coefficient (Wildman–Crippen LogP) is 2.78. The van der Waals surface area contributed by atoms with Crippen LogP contribution in [0, 0.1) is 6.92 Å². The molecule has 0 saturated carbocycles. The third kappa shape index (κ3) is 1.98. The molecule has 1 aromatic rings. The lowest BCUT2D eigenvalue weighted by molar-refractivity contribution is 0.450. The quantitative estimate of drug-likeness (QED) is 0.904. The van der Waals surface area contributed by atoms with Crippen molar-refractivity contribution in [3.63, 3.8) is 0 Å². The molecule has 0 aliphatic heterocycles. The fourth-order valence-electron chi connectivity index (χ4n) is 1.37. The fourth-order valence-corrected chi connectivity index (χ4v) is 2.08. The first-order chi connectivity index (χ1) is 6.55. The number of nitrogens with two attached hydrogens (primary N) is 1. The summed E-state index contributed by atoms with van der Waals surface area (Å²) in [7, 11) is 0. The Kier molecular flexibility index (Phi) is 3.67. The summed E-state index contributed by atoms with van der Waals surface area (Å²) in [6.45, 7) is 6.99. The van der Waals surface area contributed by atoms with Crippen LogP contribution in [0.1, 0.15) is 31.5 Å². The SMILES string of the molecule is CCC(C)(CN)c1nccc(C)c1Br. The van der Waals surface area contributed by atoms with Gasteiger partial charge in [0.05, 0.1) is 5.69 Å². The Balaban J connectivity index is 3.24. The lowest BCUT2D eigenvalue weighted by Crippen LogP contribution is -2.32. The summed E-state index contributed by atoms with van der Waals surface area (Å²) < 4.78 is 1.09. The second-order valence-corrected chi connectivity index (χ2v) is 4.70. The molecule has 2 nitrogen and oxygen atoms in total. The highest BCUT2D eigenvalue weighted by atomic mass is 79.9. The Morgan fingerprint density at radius 2 is 2.21 bits per heavy atom. The zero-order chi connectivity index (χ0) is 10.8. The van der Waals surface area contributed by atoms with Crippen molar-refractivity contribution in [2.45, 2.75) is 32.6 Å². The van der Waals surface area contributed by atoms with E-state index in [1.165, 1.54) is 5.56 Å². The van der Waals surface area contributed by atoms with Crippen molar-refractivity contribution in [1.29, 1.82) is 0 Å². The number of hydrogen-bond acceptors (Lipinski definition) is 2. The highest BCUT2D eigenvalue weighted by Gasteiger charge is 2.27. The molecular weight excluding hydrogens is 240 g/mol. The maximum atomic E-state index is 5.81. The first-order valence-corrected chi connectivity index (χ1v) is 5.66. The standard InChI is InChI=1S/C11H17BrN2/c1-4-11(3,7-13)10-9(12)8(2)5-6-14-10/h5-6H,4,7,13H2,1-3H3. The summed E-state index contributed by atoms with van der Waals surface area (Å²) in [6, 6.07) is 2.00. The van der Waals surface area contributed by atoms with E-state index in [4.69, 9.17) is 5.73 Å². The van der Waals surface area contributed by atoms with Crippen molar-refractivity contribution in [2.75, 3.05) is 6.54 Å². The summed E-state index contributed by atoms with van der Waals surface area (Å²) in [5.41, 5.74) is 8.07. The van der Waals surface area contributed by atoms with E-state index in [2.05, 4.69) is 41.7 Å². The van der Waals surface area contributed by atoms with Crippen LogP contribution in [-0.4, -0.2) is 11.5 Å². The number of nitrogens with zero attached hydrogens (tertiary/aromatic N) is 1. The van der Waals surface area contributed by atoms with Gasteiger partial charge < -0.3 is 5.73 Å². The first kappa shape index (κ1) is 11.7. The molecule has 0 spiro atoms. The minimum Gasteiger partial charge on any atom is -0.330 e. The minimum atomic E-state index is -0.0230. The van der Waals surface area contributed by atoms with E-state index >= 15 is 0 Å². The van der Waals surface area contributed by atoms with E-state index < -0.39 is 0 Å². The van der Waals surface area contributed by atoms with Gasteiger partial charge in [-0.3, -0.25) is 4.98 Å². The van der Waals surface area contributed by atoms with E-state index in [1.54, 1.807) is 0 Å². The number of aromatic nitrogens is 1. The monoisotopic (exact) mass is 256 g/mol. The molecule has 0 amide bonds. The van der Waals surface area contributed by atoms with Crippen LogP contribution >= 0.6 is 15.9 Å². The molecular formula is C11H17BrN2. The first-order valence-electron chi connectivity index (χ1n) is 4.87. The van der Waals surface area contributed by atoms with Crippen LogP contribution in [-0.2, 0) is 5.41 Å². The molecule has 1 atom stereocenters. The van der Waals surface area contributed by atoms with Gasteiger partial charge in [-0.15, -0.1) is 0 Å². The summed E-state index contributed by atoms with van der Waals surface area (Å²) in [6.07, 6.45) is 2.84. The van der Waals surface area contributed by atoms with Gasteiger partial charge in [0.15, 0.2) is 0 Å². The molecule has 0 aromatic carbocycles. The average Bonchev–Trinajstić information content (AvgIpc) is 2.21. The van der Waals surface area contributed by atoms with Crippen LogP contribution in [0.15, 0.2) is 16.7 Å². The highest BCUT2D eigenvalue weighted by Crippen LogP contribution is 2.32. The lowest BCUT2D eigenvalue weighted by Gasteiger charge is -2.27. The van der Waals surface area contributed by atoms with Gasteiger partial charge in [0, 0.05) is 22.6 Å². The maximum Gasteiger partial charge on any atom is 0.0619 e. The predicted molar refractivity (Wildman–Crippen MR) is 63.4 cm³/mol. The molecule has 2 N–H and O–H groups in total. The normalized spacial score (nSPS) is 15.2. The topological polar surface area (TPSA) is 38.9 Å². The number of halogens is 1. The number of pyridine rings is 1. The van der Waals surface area contributed by atoms with Gasteiger partial charge in [-0.2, -0.15) is 0 Å². The van der Waals surface area contributed by atoms with E-state index in [-0.39, 0.29) is 5.41 Å². The second-order valence-electron chi connectivity index (χ2n) is 3.91. The van der Waals surface area contributed by atoms with Gasteiger partial charge in [0.25, 0.3) is 0 Å². The molecule has 1 rings (SSSR count). The second kappa shape index (κ2) is 4.41. The van der Waals surface area contributed by atoms with Crippen molar-refractivity contribution >= 4 is 15.9 Å². The molecule has 0 radical (unpaired) electrons. The maximum absolute atomic E-state index is 5.81. The van der Waals surface area contributed by atoms with Gasteiger partial charge >= 0.3 is 0 Å². The van der Waals surface area contributed by atoms with Crippen LogP contribution in [0.2, 0.25) is 0 Å². The largest absolute Gasteiger partial charge is 0.330 e. The van der Waals surface area contributed by atoms with Gasteiger partial charge in [-0.05, 0) is 40.9 Å². The third-order valence-electron chi connectivity index (χ3n) is 2.88. The molecule has 0 bridgehead atoms. The number of rotatable bonds is 3. The highest BCUT2D eigenvalue weighted by molar-refractivity contribution is 9.10. The molecule has 0 aliphatic rings. The molecule has 3 heteroatoms. The van der Waals surface area contributed by atoms with E-state index in [9.17, 15) is 0 Å². The van der Waals surface area contributed by atoms with E-state index in [1.807, 2.05) is 12.3 Å². The Morgan fingerprint density at radius 1 is 1.57 bits per heavy atom. The molecule has 1 unspecified atom stereocenters. The van der Waals surface area contributed by atoms with Gasteiger partial charge in [0.2, 0.25) is 0 Å². The zero-order valence-electron chi connectivity index (χ0n) is 8.97. The lowest BCUT2D eigenvalue weighted by atomic mass is 9.83. The Morgan fingerprint density at radius 3 is 2.71 bits per heavy atom. The minimum absolute atomic E-state index is 0.0230. The molecule has 14 heavy (non-hydrogen) atoms. The molecule has 1 heterocycles. The Hall–Kier alpha value is -0.410. The average molecular weight is 257 g/mol. The molecule has 78 valence electrons. The van der Waals surface area contributed by atoms with Gasteiger partial charge in [-0.25, -0.2) is 0 Å². The molecule has 0 fully saturated rings. The summed E-state index contributed by atoms with van der Waals surface area (Å²) in [5, 5.41) is 0. The van der Waals surface area contributed by atoms with Crippen molar-refractivity contribution in [1.82, 2.24) is 4.98 Å². The Bertz CT molecular complexity index is 319. The molecule has 0 aliphatic carbocycles. The summed E-state index contributed by atoms with van der Waals surface area (Å²) in [5.74, 6) is 0. The van der Waals surface area contributed by atoms with Gasteiger partial charge in [-0.1, -0.05) is 13.8 Å². The van der Waals surface area contributed by atoms with Gasteiger partial charge in [0.1, 0.15) is 0 Å². The van der Waals surface area contributed by atoms with E-state index in [0.29, 0.717) is 6.54 Å².